The first-order chi connectivity index (χ1) is 5.08. The largest absolute Gasteiger partial charge is 0.393 e. The molecule has 0 heterocycles. The normalized spacial score (nSPS) is 15.2. The van der Waals surface area contributed by atoms with Crippen LogP contribution in [0.1, 0.15) is 13.3 Å². The molecule has 0 bridgehead atoms. The first-order valence-electron chi connectivity index (χ1n) is 3.32. The van der Waals surface area contributed by atoms with Crippen LogP contribution in [0.25, 0.3) is 0 Å². The summed E-state index contributed by atoms with van der Waals surface area (Å²) in [5.41, 5.74) is 0. The summed E-state index contributed by atoms with van der Waals surface area (Å²) in [7, 11) is 0. The maximum atomic E-state index is 10.7. The average molecular weight is 178 g/mol. The fraction of sp³-hybridized carbons (Fsp3) is 0.571. The van der Waals surface area contributed by atoms with Crippen molar-refractivity contribution in [3.63, 3.8) is 0 Å². The molecule has 0 aliphatic heterocycles. The smallest absolute Gasteiger partial charge is 0.244 e. The summed E-state index contributed by atoms with van der Waals surface area (Å²) in [5.74, 6) is -0.379. The van der Waals surface area contributed by atoms with Crippen molar-refractivity contribution in [2.24, 2.45) is 0 Å². The van der Waals surface area contributed by atoms with Gasteiger partial charge < -0.3 is 10.4 Å². The van der Waals surface area contributed by atoms with Crippen LogP contribution in [-0.2, 0) is 4.79 Å². The molecule has 0 radical (unpaired) electrons. The molecule has 2 N–H and O–H groups in total. The fourth-order valence-corrected chi connectivity index (χ4v) is 0.605. The standard InChI is InChI=1S/C7H12ClNO2/c1-3-6(11)9-7(8,4-2)5-10/h3,10H,1,4-5H2,2H3,(H,9,11). The lowest BCUT2D eigenvalue weighted by molar-refractivity contribution is -0.117. The van der Waals surface area contributed by atoms with Gasteiger partial charge in [-0.15, -0.1) is 0 Å². The lowest BCUT2D eigenvalue weighted by atomic mass is 10.2. The number of aliphatic hydroxyl groups excluding tert-OH is 1. The SMILES string of the molecule is C=CC(=O)NC(Cl)(CC)CO. The van der Waals surface area contributed by atoms with E-state index in [0.717, 1.165) is 6.08 Å². The van der Waals surface area contributed by atoms with Crippen molar-refractivity contribution >= 4 is 17.5 Å². The van der Waals surface area contributed by atoms with Gasteiger partial charge in [-0.25, -0.2) is 0 Å². The maximum absolute atomic E-state index is 10.7. The van der Waals surface area contributed by atoms with Crippen LogP contribution in [0.2, 0.25) is 0 Å². The van der Waals surface area contributed by atoms with Gasteiger partial charge in [0.1, 0.15) is 5.00 Å². The maximum Gasteiger partial charge on any atom is 0.244 e. The third-order valence-corrected chi connectivity index (χ3v) is 1.82. The van der Waals surface area contributed by atoms with Crippen molar-refractivity contribution in [3.8, 4) is 0 Å². The van der Waals surface area contributed by atoms with E-state index in [1.54, 1.807) is 6.92 Å². The van der Waals surface area contributed by atoms with Crippen LogP contribution in [0.15, 0.2) is 12.7 Å². The Hall–Kier alpha value is -0.540. The monoisotopic (exact) mass is 177 g/mol. The number of carbonyl (C=O) groups is 1. The van der Waals surface area contributed by atoms with Crippen LogP contribution in [0, 0.1) is 0 Å². The molecule has 0 fully saturated rings. The Balaban J connectivity index is 4.06. The molecule has 0 aliphatic rings. The van der Waals surface area contributed by atoms with E-state index < -0.39 is 5.00 Å². The molecule has 0 rings (SSSR count). The van der Waals surface area contributed by atoms with Crippen molar-refractivity contribution in [2.75, 3.05) is 6.61 Å². The molecule has 0 aromatic carbocycles. The zero-order valence-electron chi connectivity index (χ0n) is 6.43. The lowest BCUT2D eigenvalue weighted by Crippen LogP contribution is -2.45. The molecular formula is C7H12ClNO2. The lowest BCUT2D eigenvalue weighted by Gasteiger charge is -2.23. The first kappa shape index (κ1) is 10.5. The highest BCUT2D eigenvalue weighted by Gasteiger charge is 2.24. The summed E-state index contributed by atoms with van der Waals surface area (Å²) in [6.45, 7) is 4.74. The summed E-state index contributed by atoms with van der Waals surface area (Å²) >= 11 is 5.75. The first-order valence-corrected chi connectivity index (χ1v) is 3.70. The van der Waals surface area contributed by atoms with Gasteiger partial charge in [-0.1, -0.05) is 25.1 Å². The number of nitrogens with one attached hydrogen (secondary N) is 1. The molecule has 0 aromatic heterocycles. The molecule has 11 heavy (non-hydrogen) atoms. The van der Waals surface area contributed by atoms with Crippen molar-refractivity contribution in [3.05, 3.63) is 12.7 Å². The molecule has 0 aliphatic carbocycles. The van der Waals surface area contributed by atoms with Crippen LogP contribution < -0.4 is 5.32 Å². The van der Waals surface area contributed by atoms with Gasteiger partial charge in [0.15, 0.2) is 0 Å². The summed E-state index contributed by atoms with van der Waals surface area (Å²) in [4.78, 5) is 9.68. The van der Waals surface area contributed by atoms with Gasteiger partial charge >= 0.3 is 0 Å². The van der Waals surface area contributed by atoms with E-state index in [0.29, 0.717) is 6.42 Å². The Kier molecular flexibility index (Phi) is 4.15. The van der Waals surface area contributed by atoms with Gasteiger partial charge in [0.05, 0.1) is 6.61 Å². The summed E-state index contributed by atoms with van der Waals surface area (Å²) in [6.07, 6.45) is 1.58. The van der Waals surface area contributed by atoms with Crippen molar-refractivity contribution in [2.45, 2.75) is 18.3 Å². The second-order valence-electron chi connectivity index (χ2n) is 2.17. The Morgan fingerprint density at radius 3 is 2.73 bits per heavy atom. The van der Waals surface area contributed by atoms with Gasteiger partial charge in [0.25, 0.3) is 0 Å². The quantitative estimate of drug-likeness (QED) is 0.376. The fourth-order valence-electron chi connectivity index (χ4n) is 0.512. The Labute approximate surface area is 71.0 Å². The van der Waals surface area contributed by atoms with E-state index in [4.69, 9.17) is 16.7 Å². The van der Waals surface area contributed by atoms with Crippen LogP contribution in [0.5, 0.6) is 0 Å². The van der Waals surface area contributed by atoms with Crippen molar-refractivity contribution in [1.82, 2.24) is 5.32 Å². The number of carbonyl (C=O) groups excluding carboxylic acids is 1. The minimum absolute atomic E-state index is 0.287. The van der Waals surface area contributed by atoms with Crippen LogP contribution in [-0.4, -0.2) is 22.6 Å². The molecule has 1 unspecified atom stereocenters. The van der Waals surface area contributed by atoms with E-state index in [-0.39, 0.29) is 12.5 Å². The highest BCUT2D eigenvalue weighted by Crippen LogP contribution is 2.14. The highest BCUT2D eigenvalue weighted by atomic mass is 35.5. The molecule has 3 nitrogen and oxygen atoms in total. The Morgan fingerprint density at radius 2 is 2.45 bits per heavy atom. The zero-order valence-corrected chi connectivity index (χ0v) is 7.19. The predicted octanol–water partition coefficient (Wildman–Crippen LogP) is 0.626. The van der Waals surface area contributed by atoms with Crippen LogP contribution >= 0.6 is 11.6 Å². The van der Waals surface area contributed by atoms with Gasteiger partial charge in [-0.05, 0) is 12.5 Å². The molecule has 0 aromatic rings. The van der Waals surface area contributed by atoms with Crippen LogP contribution in [0.4, 0.5) is 0 Å². The van der Waals surface area contributed by atoms with E-state index in [1.165, 1.54) is 0 Å². The number of rotatable bonds is 4. The van der Waals surface area contributed by atoms with E-state index in [2.05, 4.69) is 11.9 Å². The van der Waals surface area contributed by atoms with Crippen molar-refractivity contribution < 1.29 is 9.90 Å². The Morgan fingerprint density at radius 1 is 1.91 bits per heavy atom. The zero-order chi connectivity index (χ0) is 8.91. The molecule has 4 heteroatoms. The van der Waals surface area contributed by atoms with Gasteiger partial charge in [0.2, 0.25) is 5.91 Å². The molecule has 0 saturated carbocycles. The molecular weight excluding hydrogens is 166 g/mol. The molecule has 0 spiro atoms. The average Bonchev–Trinajstić information content (AvgIpc) is 2.04. The second-order valence-corrected chi connectivity index (χ2v) is 2.89. The molecule has 64 valence electrons. The van der Waals surface area contributed by atoms with Crippen LogP contribution in [0.3, 0.4) is 0 Å². The Bertz CT molecular complexity index is 155. The number of hydrogen-bond acceptors (Lipinski definition) is 2. The minimum atomic E-state index is -1.04. The third kappa shape index (κ3) is 3.39. The summed E-state index contributed by atoms with van der Waals surface area (Å²) in [6, 6.07) is 0. The van der Waals surface area contributed by atoms with E-state index in [1.807, 2.05) is 0 Å². The molecule has 0 saturated heterocycles. The van der Waals surface area contributed by atoms with E-state index >= 15 is 0 Å². The number of halogens is 1. The number of amides is 1. The van der Waals surface area contributed by atoms with Crippen molar-refractivity contribution in [1.29, 1.82) is 0 Å². The number of hydrogen-bond donors (Lipinski definition) is 2. The highest BCUT2D eigenvalue weighted by molar-refractivity contribution is 6.25. The topological polar surface area (TPSA) is 49.3 Å². The van der Waals surface area contributed by atoms with Gasteiger partial charge in [0, 0.05) is 0 Å². The predicted molar refractivity (Wildman–Crippen MR) is 44.3 cm³/mol. The van der Waals surface area contributed by atoms with E-state index in [9.17, 15) is 4.79 Å². The third-order valence-electron chi connectivity index (χ3n) is 1.34. The molecule has 1 atom stereocenters. The number of aliphatic hydroxyl groups is 1. The summed E-state index contributed by atoms with van der Waals surface area (Å²) < 4.78 is 0. The minimum Gasteiger partial charge on any atom is -0.393 e. The van der Waals surface area contributed by atoms with Gasteiger partial charge in [-0.2, -0.15) is 0 Å². The summed E-state index contributed by atoms with van der Waals surface area (Å²) in [5, 5.41) is 11.1. The molecule has 1 amide bonds. The second kappa shape index (κ2) is 4.36. The van der Waals surface area contributed by atoms with Gasteiger partial charge in [-0.3, -0.25) is 4.79 Å². The number of alkyl halides is 1.